The highest BCUT2D eigenvalue weighted by molar-refractivity contribution is 8.93. The lowest BCUT2D eigenvalue weighted by Gasteiger charge is -2.24. The molecule has 2 aliphatic heterocycles. The van der Waals surface area contributed by atoms with Crippen molar-refractivity contribution in [2.45, 2.75) is 64.5 Å². The van der Waals surface area contributed by atoms with E-state index < -0.39 is 0 Å². The van der Waals surface area contributed by atoms with Crippen LogP contribution in [0, 0.1) is 0 Å². The summed E-state index contributed by atoms with van der Waals surface area (Å²) in [5.74, 6) is 0. The van der Waals surface area contributed by atoms with Gasteiger partial charge in [-0.2, -0.15) is 0 Å². The molecule has 342 valence electrons. The van der Waals surface area contributed by atoms with Crippen molar-refractivity contribution in [2.75, 3.05) is 105 Å². The maximum Gasteiger partial charge on any atom is 0.0233 e. The van der Waals surface area contributed by atoms with Crippen LogP contribution in [-0.4, -0.2) is 147 Å². The molecule has 14 nitrogen and oxygen atoms in total. The van der Waals surface area contributed by atoms with Crippen LogP contribution in [-0.2, 0) is 13.1 Å². The van der Waals surface area contributed by atoms with Crippen molar-refractivity contribution >= 4 is 136 Å². The van der Waals surface area contributed by atoms with Gasteiger partial charge in [0.25, 0.3) is 0 Å². The third kappa shape index (κ3) is 48.9. The van der Waals surface area contributed by atoms with Gasteiger partial charge in [-0.05, 0) is 167 Å². The molecule has 22 heteroatoms. The van der Waals surface area contributed by atoms with Gasteiger partial charge in [0, 0.05) is 13.1 Å². The molecule has 0 bridgehead atoms. The minimum Gasteiger partial charge on any atom is -0.412 e. The Kier molecular flexibility index (Phi) is 105. The van der Waals surface area contributed by atoms with E-state index in [1.54, 1.807) is 0 Å². The number of halogens is 8. The Morgan fingerprint density at radius 1 is 0.296 bits per heavy atom. The van der Waals surface area contributed by atoms with Crippen molar-refractivity contribution in [2.24, 2.45) is 0 Å². The molecule has 0 amide bonds. The quantitative estimate of drug-likeness (QED) is 0.258. The van der Waals surface area contributed by atoms with Gasteiger partial charge >= 0.3 is 0 Å². The molecule has 0 saturated carbocycles. The fourth-order valence-electron chi connectivity index (χ4n) is 5.62. The zero-order valence-electron chi connectivity index (χ0n) is 31.9. The number of hydrogen-bond acceptors (Lipinski definition) is 8. The summed E-state index contributed by atoms with van der Waals surface area (Å²) in [6, 6.07) is 9.52. The molecule has 1 aromatic rings. The van der Waals surface area contributed by atoms with Crippen molar-refractivity contribution in [1.82, 2.24) is 41.7 Å². The smallest absolute Gasteiger partial charge is 0.0233 e. The molecule has 0 unspecified atom stereocenters. The minimum absolute atomic E-state index is 0. The first-order valence-corrected chi connectivity index (χ1v) is 16.7. The van der Waals surface area contributed by atoms with Crippen LogP contribution in [0.4, 0.5) is 0 Å². The highest BCUT2D eigenvalue weighted by Crippen LogP contribution is 2.12. The molecule has 2 aliphatic rings. The van der Waals surface area contributed by atoms with Crippen molar-refractivity contribution < 1.29 is 32.9 Å². The molecule has 54 heavy (non-hydrogen) atoms. The summed E-state index contributed by atoms with van der Waals surface area (Å²) in [6.45, 7) is 20.2. The molecule has 1 aromatic carbocycles. The van der Waals surface area contributed by atoms with E-state index in [-0.39, 0.29) is 169 Å². The summed E-state index contributed by atoms with van der Waals surface area (Å²) in [6.07, 6.45) is 9.73. The summed E-state index contributed by atoms with van der Waals surface area (Å²) in [4.78, 5) is 5.32. The largest absolute Gasteiger partial charge is 0.412 e. The zero-order valence-corrected chi connectivity index (χ0v) is 45.6. The summed E-state index contributed by atoms with van der Waals surface area (Å²) in [5, 5.41) is 21.7. The van der Waals surface area contributed by atoms with Gasteiger partial charge in [0.15, 0.2) is 0 Å². The lowest BCUT2D eigenvalue weighted by molar-refractivity contribution is 0.254. The SMILES string of the molecule is Br.Br.Br.Br.Br.Br.Br.Br.O.O.O.O.O.O.c1cc(CN2CCCNCCCNCCCNCCC2)ccc1CN1CCCNCCCNCCCNCCC1. The fourth-order valence-corrected chi connectivity index (χ4v) is 5.62. The minimum atomic E-state index is 0. The van der Waals surface area contributed by atoms with E-state index in [0.717, 1.165) is 91.6 Å². The van der Waals surface area contributed by atoms with Gasteiger partial charge < -0.3 is 64.8 Å². The highest BCUT2D eigenvalue weighted by Gasteiger charge is 2.09. The number of hydrogen-bond donors (Lipinski definition) is 6. The Bertz CT molecular complexity index is 668. The predicted molar refractivity (Wildman–Crippen MR) is 275 cm³/mol. The first kappa shape index (κ1) is 87.9. The summed E-state index contributed by atoms with van der Waals surface area (Å²) in [5.41, 5.74) is 2.89. The fraction of sp³-hybridized carbons (Fsp3) is 0.812. The van der Waals surface area contributed by atoms with Crippen LogP contribution in [0.2, 0.25) is 0 Å². The van der Waals surface area contributed by atoms with Gasteiger partial charge in [-0.1, -0.05) is 24.3 Å². The van der Waals surface area contributed by atoms with Crippen molar-refractivity contribution in [3.05, 3.63) is 35.4 Å². The Hall–Kier alpha value is 2.50. The second-order valence-electron chi connectivity index (χ2n) is 11.7. The van der Waals surface area contributed by atoms with Crippen molar-refractivity contribution in [3.8, 4) is 0 Å². The van der Waals surface area contributed by atoms with E-state index in [4.69, 9.17) is 0 Å². The second-order valence-corrected chi connectivity index (χ2v) is 11.7. The van der Waals surface area contributed by atoms with Gasteiger partial charge in [0.05, 0.1) is 0 Å². The van der Waals surface area contributed by atoms with Crippen LogP contribution in [0.15, 0.2) is 24.3 Å². The molecule has 2 heterocycles. The summed E-state index contributed by atoms with van der Waals surface area (Å²) < 4.78 is 0. The monoisotopic (exact) mass is 1310 g/mol. The van der Waals surface area contributed by atoms with Crippen molar-refractivity contribution in [3.63, 3.8) is 0 Å². The second kappa shape index (κ2) is 64.6. The van der Waals surface area contributed by atoms with Crippen LogP contribution < -0.4 is 31.9 Å². The average molecular weight is 1310 g/mol. The standard InChI is InChI=1S/C32H62N8.8BrH.6H2O/c1-13-33-14-2-18-36-22-6-26-39(25-5-21-35-17-1)29-31-9-11-32(12-10-31)30-40-27-7-23-37-19-3-15-34-16-4-20-38-24-8-28-40;;;;;;;;;;;;;;/h9-12,33-38H,1-8,13-30H2;8*1H;6*1H2. The summed E-state index contributed by atoms with van der Waals surface area (Å²) >= 11 is 0. The molecule has 3 rings (SSSR count). The third-order valence-corrected chi connectivity index (χ3v) is 7.98. The molecule has 0 aromatic heterocycles. The maximum absolute atomic E-state index is 3.64. The lowest BCUT2D eigenvalue weighted by Crippen LogP contribution is -2.32. The maximum atomic E-state index is 3.64. The van der Waals surface area contributed by atoms with Gasteiger partial charge in [-0.15, -0.1) is 136 Å². The van der Waals surface area contributed by atoms with Gasteiger partial charge in [-0.25, -0.2) is 0 Å². The van der Waals surface area contributed by atoms with Gasteiger partial charge in [0.1, 0.15) is 0 Å². The van der Waals surface area contributed by atoms with Gasteiger partial charge in [0.2, 0.25) is 0 Å². The van der Waals surface area contributed by atoms with E-state index >= 15 is 0 Å². The Balaban J connectivity index is -0.000000126. The van der Waals surface area contributed by atoms with E-state index in [9.17, 15) is 0 Å². The molecule has 0 radical (unpaired) electrons. The molecule has 0 atom stereocenters. The number of nitrogens with zero attached hydrogens (tertiary/aromatic N) is 2. The number of nitrogens with one attached hydrogen (secondary N) is 6. The number of benzene rings is 1. The van der Waals surface area contributed by atoms with Crippen LogP contribution >= 0.6 is 136 Å². The van der Waals surface area contributed by atoms with E-state index in [1.807, 2.05) is 0 Å². The molecule has 2 saturated heterocycles. The van der Waals surface area contributed by atoms with Crippen LogP contribution in [0.1, 0.15) is 62.5 Å². The molecular weight excluding hydrogens is 1230 g/mol. The van der Waals surface area contributed by atoms with Crippen molar-refractivity contribution in [1.29, 1.82) is 0 Å². The molecule has 2 fully saturated rings. The van der Waals surface area contributed by atoms with Crippen LogP contribution in [0.3, 0.4) is 0 Å². The van der Waals surface area contributed by atoms with Crippen LogP contribution in [0.5, 0.6) is 0 Å². The third-order valence-electron chi connectivity index (χ3n) is 7.98. The molecule has 0 aliphatic carbocycles. The average Bonchev–Trinajstić information content (AvgIpc) is 2.96. The lowest BCUT2D eigenvalue weighted by atomic mass is 10.1. The Labute approximate surface area is 411 Å². The predicted octanol–water partition coefficient (Wildman–Crippen LogP) is 1.65. The molecular formula is C32H82Br8N8O6. The van der Waals surface area contributed by atoms with Crippen LogP contribution in [0.25, 0.3) is 0 Å². The van der Waals surface area contributed by atoms with E-state index in [2.05, 4.69) is 66.0 Å². The normalized spacial score (nSPS) is 17.0. The molecule has 18 N–H and O–H groups in total. The van der Waals surface area contributed by atoms with Gasteiger partial charge in [-0.3, -0.25) is 9.80 Å². The zero-order chi connectivity index (χ0) is 27.8. The van der Waals surface area contributed by atoms with E-state index in [1.165, 1.54) is 88.7 Å². The first-order valence-electron chi connectivity index (χ1n) is 16.7. The van der Waals surface area contributed by atoms with E-state index in [0.29, 0.717) is 0 Å². The Morgan fingerprint density at radius 3 is 0.648 bits per heavy atom. The molecule has 0 spiro atoms. The topological polar surface area (TPSA) is 268 Å². The Morgan fingerprint density at radius 2 is 0.463 bits per heavy atom. The number of rotatable bonds is 4. The first-order chi connectivity index (χ1) is 19.9. The highest BCUT2D eigenvalue weighted by atomic mass is 79.9. The summed E-state index contributed by atoms with van der Waals surface area (Å²) in [7, 11) is 0.